The summed E-state index contributed by atoms with van der Waals surface area (Å²) < 4.78 is 10.7. The number of alkyl carbamates (subject to hydrolysis) is 2. The number of nitrogens with zero attached hydrogens (tertiary/aromatic N) is 2. The largest absolute Gasteiger partial charge is 0.508 e. The lowest BCUT2D eigenvalue weighted by Gasteiger charge is -2.27. The molecule has 0 unspecified atom stereocenters. The van der Waals surface area contributed by atoms with Gasteiger partial charge in [-0.3, -0.25) is 19.2 Å². The second-order valence-corrected chi connectivity index (χ2v) is 17.0. The van der Waals surface area contributed by atoms with Gasteiger partial charge in [-0.1, -0.05) is 60.1 Å². The molecule has 0 spiro atoms. The smallest absolute Gasteiger partial charge is 0.408 e. The molecular weight excluding hydrogens is 892 g/mol. The van der Waals surface area contributed by atoms with Gasteiger partial charge in [0.05, 0.1) is 0 Å². The minimum absolute atomic E-state index is 0.00301. The Labute approximate surface area is 393 Å². The molecule has 4 atom stereocenters. The average Bonchev–Trinajstić information content (AvgIpc) is 3.23. The summed E-state index contributed by atoms with van der Waals surface area (Å²) in [5, 5.41) is 39.2. The molecule has 0 fully saturated rings. The van der Waals surface area contributed by atoms with Crippen LogP contribution >= 0.6 is 11.6 Å². The van der Waals surface area contributed by atoms with Crippen LogP contribution in [0.15, 0.2) is 71.8 Å². The zero-order valence-electron chi connectivity index (χ0n) is 38.2. The third-order valence-electron chi connectivity index (χ3n) is 9.98. The highest BCUT2D eigenvalue weighted by Crippen LogP contribution is 2.23. The molecule has 0 heterocycles. The second kappa shape index (κ2) is 26.7. The summed E-state index contributed by atoms with van der Waals surface area (Å²) in [5.74, 6) is -3.73. The van der Waals surface area contributed by atoms with Crippen LogP contribution in [0.5, 0.6) is 5.75 Å². The Morgan fingerprint density at radius 1 is 0.746 bits per heavy atom. The standard InChI is InChI=1S/C45H61ClN10O11/c1-27-22-31(57)23-28(2)32(27)25-37(54-44(63)67-45(3,4)5)41(61)52-35(19-13-21-49-42(48)55-56(64)65)39(59)53-36(24-29-14-7-6-8-15-29)40(60)51-34(38(47)58)18-11-12-20-50-43(62)66-26-30-16-9-10-17-33(30)46/h6-10,14-17,22-23,34-37,57H,11-13,18-21,24-26H2,1-5H3,(H2,47,58)(H,50,62)(H,51,60)(H,52,61)(H,53,59)(H,54,63)(H3,48,49,55)/t34-,35+,36-,37-/m0/s1. The van der Waals surface area contributed by atoms with E-state index < -0.39 is 76.6 Å². The third-order valence-corrected chi connectivity index (χ3v) is 10.3. The van der Waals surface area contributed by atoms with Crippen LogP contribution in [0.1, 0.15) is 80.7 Å². The summed E-state index contributed by atoms with van der Waals surface area (Å²) >= 11 is 6.12. The van der Waals surface area contributed by atoms with Gasteiger partial charge in [-0.25, -0.2) is 19.7 Å². The molecule has 0 aliphatic heterocycles. The van der Waals surface area contributed by atoms with Gasteiger partial charge >= 0.3 is 12.2 Å². The number of carbonyl (C=O) groups is 6. The van der Waals surface area contributed by atoms with Gasteiger partial charge in [0.15, 0.2) is 5.03 Å². The number of phenolic OH excluding ortho intramolecular Hbond substituents is 1. The number of nitrogens with one attached hydrogen (secondary N) is 6. The van der Waals surface area contributed by atoms with Gasteiger partial charge in [0.1, 0.15) is 47.2 Å². The third kappa shape index (κ3) is 20.3. The van der Waals surface area contributed by atoms with Crippen LogP contribution in [0.25, 0.3) is 0 Å². The molecule has 3 aromatic rings. The Kier molecular flexibility index (Phi) is 21.6. The SMILES string of the molecule is Cc1cc(O)cc(C)c1C[C@H](NC(=O)OC(C)(C)C)C(=O)N[C@H](CCCN/C(N)=N\[N+](=O)[O-])C(=O)N[C@@H](Cc1ccccc1)C(=O)N[C@@H](CCCCNC(=O)OCc1ccccc1Cl)C(N)=O. The fourth-order valence-electron chi connectivity index (χ4n) is 6.71. The molecular formula is C45H61ClN10O11. The number of hydrogen-bond acceptors (Lipinski definition) is 11. The summed E-state index contributed by atoms with van der Waals surface area (Å²) in [6.07, 6.45) is -0.932. The van der Waals surface area contributed by atoms with Crippen molar-refractivity contribution < 1.29 is 48.4 Å². The summed E-state index contributed by atoms with van der Waals surface area (Å²) in [5.41, 5.74) is 13.5. The van der Waals surface area contributed by atoms with Crippen molar-refractivity contribution in [1.29, 1.82) is 0 Å². The fraction of sp³-hybridized carbons (Fsp3) is 0.444. The highest BCUT2D eigenvalue weighted by atomic mass is 35.5. The maximum absolute atomic E-state index is 14.3. The van der Waals surface area contributed by atoms with Gasteiger partial charge in [-0.15, -0.1) is 0 Å². The van der Waals surface area contributed by atoms with E-state index >= 15 is 0 Å². The van der Waals surface area contributed by atoms with Crippen molar-refractivity contribution in [2.24, 2.45) is 16.6 Å². The monoisotopic (exact) mass is 952 g/mol. The first kappa shape index (κ1) is 54.2. The molecule has 0 aliphatic carbocycles. The van der Waals surface area contributed by atoms with Crippen molar-refractivity contribution in [1.82, 2.24) is 31.9 Å². The van der Waals surface area contributed by atoms with Gasteiger partial charge in [-0.05, 0) is 107 Å². The second-order valence-electron chi connectivity index (χ2n) is 16.6. The maximum atomic E-state index is 14.3. The van der Waals surface area contributed by atoms with Gasteiger partial charge < -0.3 is 57.9 Å². The topological polar surface area (TPSA) is 321 Å². The molecule has 0 radical (unpaired) electrons. The minimum Gasteiger partial charge on any atom is -0.508 e. The number of nitro groups is 1. The molecule has 21 nitrogen and oxygen atoms in total. The summed E-state index contributed by atoms with van der Waals surface area (Å²) in [4.78, 5) is 91.3. The van der Waals surface area contributed by atoms with E-state index in [1.165, 1.54) is 12.1 Å². The Balaban J connectivity index is 1.82. The first-order valence-electron chi connectivity index (χ1n) is 21.5. The Hall–Kier alpha value is -7.16. The van der Waals surface area contributed by atoms with Crippen molar-refractivity contribution in [3.63, 3.8) is 0 Å². The molecule has 364 valence electrons. The predicted molar refractivity (Wildman–Crippen MR) is 249 cm³/mol. The van der Waals surface area contributed by atoms with Crippen molar-refractivity contribution in [2.75, 3.05) is 13.1 Å². The van der Waals surface area contributed by atoms with Crippen molar-refractivity contribution in [3.05, 3.63) is 110 Å². The van der Waals surface area contributed by atoms with Gasteiger partial charge in [0.2, 0.25) is 23.6 Å². The van der Waals surface area contributed by atoms with E-state index in [9.17, 15) is 44.0 Å². The number of guanidine groups is 1. The Morgan fingerprint density at radius 2 is 1.30 bits per heavy atom. The van der Waals surface area contributed by atoms with E-state index in [0.29, 0.717) is 45.7 Å². The highest BCUT2D eigenvalue weighted by Gasteiger charge is 2.32. The van der Waals surface area contributed by atoms with Crippen LogP contribution in [-0.4, -0.2) is 94.8 Å². The zero-order valence-corrected chi connectivity index (χ0v) is 38.9. The summed E-state index contributed by atoms with van der Waals surface area (Å²) in [7, 11) is 0. The fourth-order valence-corrected chi connectivity index (χ4v) is 6.90. The molecule has 0 aliphatic rings. The van der Waals surface area contributed by atoms with Gasteiger partial charge in [0.25, 0.3) is 5.96 Å². The molecule has 6 amide bonds. The molecule has 0 saturated carbocycles. The Morgan fingerprint density at radius 3 is 1.91 bits per heavy atom. The number of unbranched alkanes of at least 4 members (excludes halogenated alkanes) is 1. The molecule has 3 aromatic carbocycles. The first-order valence-corrected chi connectivity index (χ1v) is 21.9. The van der Waals surface area contributed by atoms with Crippen LogP contribution in [0, 0.1) is 24.0 Å². The number of hydrogen-bond donors (Lipinski definition) is 9. The number of phenols is 1. The number of amides is 6. The highest BCUT2D eigenvalue weighted by molar-refractivity contribution is 6.31. The van der Waals surface area contributed by atoms with Gasteiger partial charge in [0, 0.05) is 36.5 Å². The number of carbonyl (C=O) groups excluding carboxylic acids is 6. The molecule has 22 heteroatoms. The van der Waals surface area contributed by atoms with E-state index in [2.05, 4.69) is 37.0 Å². The molecule has 0 bridgehead atoms. The number of aryl methyl sites for hydroxylation is 2. The van der Waals surface area contributed by atoms with E-state index in [-0.39, 0.29) is 57.6 Å². The number of nitrogens with two attached hydrogens (primary N) is 2. The van der Waals surface area contributed by atoms with Crippen LogP contribution in [0.4, 0.5) is 9.59 Å². The lowest BCUT2D eigenvalue weighted by atomic mass is 9.95. The summed E-state index contributed by atoms with van der Waals surface area (Å²) in [6.45, 7) is 8.51. The number of aromatic hydroxyl groups is 1. The molecule has 11 N–H and O–H groups in total. The number of rotatable bonds is 24. The number of benzene rings is 3. The maximum Gasteiger partial charge on any atom is 0.408 e. The number of halogens is 1. The normalized spacial score (nSPS) is 13.1. The van der Waals surface area contributed by atoms with E-state index in [0.717, 1.165) is 0 Å². The van der Waals surface area contributed by atoms with Gasteiger partial charge in [-0.2, -0.15) is 0 Å². The molecule has 3 rings (SSSR count). The lowest BCUT2D eigenvalue weighted by Crippen LogP contribution is -2.59. The van der Waals surface area contributed by atoms with Crippen molar-refractivity contribution in [2.45, 2.75) is 116 Å². The predicted octanol–water partition coefficient (Wildman–Crippen LogP) is 3.25. The van der Waals surface area contributed by atoms with E-state index in [1.807, 2.05) is 0 Å². The average molecular weight is 953 g/mol. The molecule has 0 aromatic heterocycles. The molecule has 0 saturated heterocycles. The van der Waals surface area contributed by atoms with Crippen LogP contribution < -0.4 is 43.4 Å². The number of primary amides is 1. The Bertz CT molecular complexity index is 2200. The lowest BCUT2D eigenvalue weighted by molar-refractivity contribution is -0.485. The zero-order chi connectivity index (χ0) is 49.7. The first-order chi connectivity index (χ1) is 31.6. The van der Waals surface area contributed by atoms with Crippen LogP contribution in [-0.2, 0) is 48.1 Å². The minimum atomic E-state index is -1.38. The summed E-state index contributed by atoms with van der Waals surface area (Å²) in [6, 6.07) is 13.4. The van der Waals surface area contributed by atoms with Crippen molar-refractivity contribution >= 4 is 53.4 Å². The van der Waals surface area contributed by atoms with Crippen LogP contribution in [0.2, 0.25) is 5.02 Å². The van der Waals surface area contributed by atoms with Crippen LogP contribution in [0.3, 0.4) is 0 Å². The quantitative estimate of drug-likeness (QED) is 0.0205. The number of ether oxygens (including phenoxy) is 2. The van der Waals surface area contributed by atoms with E-state index in [4.69, 9.17) is 32.5 Å². The van der Waals surface area contributed by atoms with E-state index in [1.54, 1.807) is 89.2 Å². The molecule has 67 heavy (non-hydrogen) atoms. The number of hydrazone groups is 1. The van der Waals surface area contributed by atoms with Crippen molar-refractivity contribution in [3.8, 4) is 5.75 Å².